The van der Waals surface area contributed by atoms with Crippen molar-refractivity contribution in [1.29, 1.82) is 0 Å². The first-order valence-electron chi connectivity index (χ1n) is 4.89. The smallest absolute Gasteiger partial charge is 0.331 e. The Labute approximate surface area is 93.8 Å². The van der Waals surface area contributed by atoms with Crippen molar-refractivity contribution < 1.29 is 19.7 Å². The third kappa shape index (κ3) is 3.65. The maximum absolute atomic E-state index is 11.2. The molecule has 0 radical (unpaired) electrons. The van der Waals surface area contributed by atoms with Gasteiger partial charge in [-0.1, -0.05) is 6.07 Å². The molecule has 0 amide bonds. The first kappa shape index (κ1) is 12.1. The van der Waals surface area contributed by atoms with E-state index in [1.807, 2.05) is 0 Å². The SMILES string of the molecule is CC(C)OC(=O)C=Cc1ccc(O)c(O)c1. The van der Waals surface area contributed by atoms with Crippen LogP contribution in [0.15, 0.2) is 24.3 Å². The fourth-order valence-electron chi connectivity index (χ4n) is 1.08. The minimum atomic E-state index is -0.442. The number of carbonyl (C=O) groups is 1. The molecule has 0 heterocycles. The third-order valence-corrected chi connectivity index (χ3v) is 1.76. The highest BCUT2D eigenvalue weighted by atomic mass is 16.5. The molecule has 1 aromatic carbocycles. The number of ether oxygens (including phenoxy) is 1. The van der Waals surface area contributed by atoms with Gasteiger partial charge < -0.3 is 14.9 Å². The Kier molecular flexibility index (Phi) is 3.94. The van der Waals surface area contributed by atoms with Gasteiger partial charge in [-0.25, -0.2) is 4.79 Å². The van der Waals surface area contributed by atoms with Gasteiger partial charge in [0.25, 0.3) is 0 Å². The van der Waals surface area contributed by atoms with E-state index in [0.717, 1.165) is 0 Å². The molecule has 0 spiro atoms. The number of benzene rings is 1. The molecule has 0 unspecified atom stereocenters. The van der Waals surface area contributed by atoms with Crippen molar-refractivity contribution in [2.75, 3.05) is 0 Å². The van der Waals surface area contributed by atoms with Gasteiger partial charge in [-0.3, -0.25) is 0 Å². The number of hydrogen-bond acceptors (Lipinski definition) is 4. The number of phenols is 2. The van der Waals surface area contributed by atoms with Crippen LogP contribution in [0.5, 0.6) is 11.5 Å². The molecule has 0 aliphatic rings. The van der Waals surface area contributed by atoms with Crippen LogP contribution in [-0.4, -0.2) is 22.3 Å². The van der Waals surface area contributed by atoms with E-state index in [9.17, 15) is 9.90 Å². The van der Waals surface area contributed by atoms with Gasteiger partial charge in [0.2, 0.25) is 0 Å². The lowest BCUT2D eigenvalue weighted by Crippen LogP contribution is -2.08. The Hall–Kier alpha value is -1.97. The molecule has 0 saturated carbocycles. The molecule has 0 fully saturated rings. The summed E-state index contributed by atoms with van der Waals surface area (Å²) in [5.41, 5.74) is 0.607. The first-order chi connectivity index (χ1) is 7.49. The summed E-state index contributed by atoms with van der Waals surface area (Å²) in [7, 11) is 0. The summed E-state index contributed by atoms with van der Waals surface area (Å²) in [5.74, 6) is -0.858. The normalized spacial score (nSPS) is 10.9. The van der Waals surface area contributed by atoms with Crippen LogP contribution in [0.1, 0.15) is 19.4 Å². The molecule has 0 saturated heterocycles. The molecule has 0 atom stereocenters. The predicted octanol–water partition coefficient (Wildman–Crippen LogP) is 2.06. The van der Waals surface area contributed by atoms with Crippen molar-refractivity contribution in [1.82, 2.24) is 0 Å². The molecule has 1 rings (SSSR count). The summed E-state index contributed by atoms with van der Waals surface area (Å²) in [6.45, 7) is 3.52. The number of rotatable bonds is 3. The first-order valence-corrected chi connectivity index (χ1v) is 4.89. The molecular formula is C12H14O4. The predicted molar refractivity (Wildman–Crippen MR) is 60.0 cm³/mol. The molecule has 0 aliphatic carbocycles. The van der Waals surface area contributed by atoms with E-state index in [-0.39, 0.29) is 17.6 Å². The van der Waals surface area contributed by atoms with Crippen LogP contribution in [0.4, 0.5) is 0 Å². The van der Waals surface area contributed by atoms with E-state index in [4.69, 9.17) is 9.84 Å². The fraction of sp³-hybridized carbons (Fsp3) is 0.250. The summed E-state index contributed by atoms with van der Waals surface area (Å²) in [6, 6.07) is 4.28. The maximum Gasteiger partial charge on any atom is 0.331 e. The average Bonchev–Trinajstić information content (AvgIpc) is 2.19. The lowest BCUT2D eigenvalue weighted by Gasteiger charge is -2.04. The van der Waals surface area contributed by atoms with Crippen molar-refractivity contribution in [3.8, 4) is 11.5 Å². The average molecular weight is 222 g/mol. The Balaban J connectivity index is 2.69. The van der Waals surface area contributed by atoms with E-state index in [2.05, 4.69) is 0 Å². The highest BCUT2D eigenvalue weighted by molar-refractivity contribution is 5.87. The second kappa shape index (κ2) is 5.21. The van der Waals surface area contributed by atoms with E-state index in [1.165, 1.54) is 24.3 Å². The van der Waals surface area contributed by atoms with Crippen LogP contribution in [-0.2, 0) is 9.53 Å². The van der Waals surface area contributed by atoms with Gasteiger partial charge in [0.15, 0.2) is 11.5 Å². The van der Waals surface area contributed by atoms with Gasteiger partial charge in [-0.05, 0) is 37.6 Å². The van der Waals surface area contributed by atoms with Crippen LogP contribution in [0.25, 0.3) is 6.08 Å². The number of carbonyl (C=O) groups excluding carboxylic acids is 1. The molecule has 86 valence electrons. The van der Waals surface area contributed by atoms with Crippen LogP contribution in [0, 0.1) is 0 Å². The fourth-order valence-corrected chi connectivity index (χ4v) is 1.08. The molecular weight excluding hydrogens is 208 g/mol. The van der Waals surface area contributed by atoms with Crippen molar-refractivity contribution in [3.63, 3.8) is 0 Å². The van der Waals surface area contributed by atoms with Crippen molar-refractivity contribution >= 4 is 12.0 Å². The second-order valence-corrected chi connectivity index (χ2v) is 3.57. The molecule has 0 aromatic heterocycles. The minimum Gasteiger partial charge on any atom is -0.504 e. The number of esters is 1. The van der Waals surface area contributed by atoms with Crippen LogP contribution in [0.3, 0.4) is 0 Å². The van der Waals surface area contributed by atoms with Gasteiger partial charge in [-0.2, -0.15) is 0 Å². The van der Waals surface area contributed by atoms with E-state index in [1.54, 1.807) is 19.9 Å². The molecule has 4 heteroatoms. The third-order valence-electron chi connectivity index (χ3n) is 1.76. The number of hydrogen-bond donors (Lipinski definition) is 2. The highest BCUT2D eigenvalue weighted by Crippen LogP contribution is 2.25. The van der Waals surface area contributed by atoms with Crippen molar-refractivity contribution in [3.05, 3.63) is 29.8 Å². The molecule has 16 heavy (non-hydrogen) atoms. The van der Waals surface area contributed by atoms with Crippen molar-refractivity contribution in [2.24, 2.45) is 0 Å². The standard InChI is InChI=1S/C12H14O4/c1-8(2)16-12(15)6-4-9-3-5-10(13)11(14)7-9/h3-8,13-14H,1-2H3. The lowest BCUT2D eigenvalue weighted by atomic mass is 10.2. The van der Waals surface area contributed by atoms with Crippen LogP contribution >= 0.6 is 0 Å². The van der Waals surface area contributed by atoms with Gasteiger partial charge in [0, 0.05) is 6.08 Å². The molecule has 0 bridgehead atoms. The molecule has 2 N–H and O–H groups in total. The molecule has 0 aliphatic heterocycles. The van der Waals surface area contributed by atoms with E-state index in [0.29, 0.717) is 5.56 Å². The molecule has 4 nitrogen and oxygen atoms in total. The van der Waals surface area contributed by atoms with Gasteiger partial charge in [0.1, 0.15) is 0 Å². The lowest BCUT2D eigenvalue weighted by molar-refractivity contribution is -0.141. The van der Waals surface area contributed by atoms with Gasteiger partial charge in [0.05, 0.1) is 6.10 Å². The summed E-state index contributed by atoms with van der Waals surface area (Å²) in [4.78, 5) is 11.2. The van der Waals surface area contributed by atoms with Crippen LogP contribution < -0.4 is 0 Å². The van der Waals surface area contributed by atoms with E-state index < -0.39 is 5.97 Å². The Morgan fingerprint density at radius 1 is 1.31 bits per heavy atom. The zero-order valence-corrected chi connectivity index (χ0v) is 9.18. The summed E-state index contributed by atoms with van der Waals surface area (Å²) < 4.78 is 4.89. The van der Waals surface area contributed by atoms with Crippen molar-refractivity contribution in [2.45, 2.75) is 20.0 Å². The second-order valence-electron chi connectivity index (χ2n) is 3.57. The highest BCUT2D eigenvalue weighted by Gasteiger charge is 2.01. The Morgan fingerprint density at radius 2 is 2.00 bits per heavy atom. The minimum absolute atomic E-state index is 0.162. The zero-order chi connectivity index (χ0) is 12.1. The Morgan fingerprint density at radius 3 is 2.56 bits per heavy atom. The van der Waals surface area contributed by atoms with Gasteiger partial charge >= 0.3 is 5.97 Å². The molecule has 1 aromatic rings. The number of phenolic OH excluding ortho intramolecular Hbond substituents is 2. The monoisotopic (exact) mass is 222 g/mol. The zero-order valence-electron chi connectivity index (χ0n) is 9.18. The van der Waals surface area contributed by atoms with Gasteiger partial charge in [-0.15, -0.1) is 0 Å². The number of aromatic hydroxyl groups is 2. The quantitative estimate of drug-likeness (QED) is 0.466. The Bertz CT molecular complexity index is 407. The topological polar surface area (TPSA) is 66.8 Å². The maximum atomic E-state index is 11.2. The van der Waals surface area contributed by atoms with Crippen LogP contribution in [0.2, 0.25) is 0 Å². The largest absolute Gasteiger partial charge is 0.504 e. The van der Waals surface area contributed by atoms with E-state index >= 15 is 0 Å². The summed E-state index contributed by atoms with van der Waals surface area (Å²) >= 11 is 0. The summed E-state index contributed by atoms with van der Waals surface area (Å²) in [6.07, 6.45) is 2.61. The summed E-state index contributed by atoms with van der Waals surface area (Å²) in [5, 5.41) is 18.3.